The molecule has 4 aromatic carbocycles. The van der Waals surface area contributed by atoms with Crippen molar-refractivity contribution in [2.45, 2.75) is 160 Å². The molecule has 13 nitrogen and oxygen atoms in total. The minimum Gasteiger partial charge on any atom is -0.409 e. The molecule has 2 saturated heterocycles. The Morgan fingerprint density at radius 3 is 1.42 bits per heavy atom. The molecule has 5 N–H and O–H groups in total. The van der Waals surface area contributed by atoms with Crippen molar-refractivity contribution < 1.29 is 37.6 Å². The molecule has 4 aliphatic heterocycles. The average Bonchev–Trinajstić information content (AvgIpc) is 3.39. The van der Waals surface area contributed by atoms with Crippen molar-refractivity contribution in [3.63, 3.8) is 0 Å². The second-order valence-electron chi connectivity index (χ2n) is 20.7. The van der Waals surface area contributed by atoms with E-state index in [1.807, 2.05) is 64.4 Å². The summed E-state index contributed by atoms with van der Waals surface area (Å²) in [5.74, 6) is -3.45. The number of rotatable bonds is 17. The highest BCUT2D eigenvalue weighted by atomic mass is 19.4. The zero-order chi connectivity index (χ0) is 52.9. The smallest absolute Gasteiger partial charge is 0.409 e. The third kappa shape index (κ3) is 13.9. The lowest BCUT2D eigenvalue weighted by Gasteiger charge is -2.39. The summed E-state index contributed by atoms with van der Waals surface area (Å²) in [5, 5.41) is 15.3. The van der Waals surface area contributed by atoms with Gasteiger partial charge in [-0.3, -0.25) is 19.4 Å². The van der Waals surface area contributed by atoms with Crippen LogP contribution in [0, 0.1) is 0 Å². The Morgan fingerprint density at radius 2 is 1.00 bits per heavy atom. The lowest BCUT2D eigenvalue weighted by molar-refractivity contribution is -0.199. The fourth-order valence-corrected chi connectivity index (χ4v) is 11.5. The van der Waals surface area contributed by atoms with Gasteiger partial charge in [0.05, 0.1) is 11.8 Å². The molecule has 0 bridgehead atoms. The zero-order valence-corrected chi connectivity index (χ0v) is 43.5. The SMILES string of the molecule is C[C@@H]1CCC[C@H](C)N1CCCCCN1C(=O)C(c2cccc(C(N)=NO)c2)Cc2ccccc21.C[C@@H]1CCC[C@H](C)N1CCCCCN1C(=O)C(c2cccc(C(N)=NOC(=O)C(F)(F)F)c2)Cc2ccccc21. The monoisotopic (exact) mass is 1020 g/mol. The molecule has 74 heavy (non-hydrogen) atoms. The molecular formula is C58H75F3N8O5. The van der Waals surface area contributed by atoms with Crippen LogP contribution in [-0.4, -0.2) is 101 Å². The number of carbonyl (C=O) groups excluding carboxylic acids is 3. The van der Waals surface area contributed by atoms with Crippen LogP contribution < -0.4 is 21.3 Å². The summed E-state index contributed by atoms with van der Waals surface area (Å²) in [5.41, 5.74) is 18.2. The molecule has 2 amide bonds. The number of nitrogens with zero attached hydrogens (tertiary/aromatic N) is 6. The van der Waals surface area contributed by atoms with Crippen molar-refractivity contribution in [3.05, 3.63) is 130 Å². The second-order valence-corrected chi connectivity index (χ2v) is 20.7. The standard InChI is InChI=1S/C30H37F3N4O3.C28H38N4O2/c1-20-10-8-11-21(2)36(20)16-6-3-7-17-37-26-15-5-4-12-23(26)19-25(28(37)38)22-13-9-14-24(18-22)27(34)35-40-29(39)30(31,32)33;1-20-10-8-11-21(2)31(20)16-6-3-7-17-32-26-15-5-4-12-23(26)19-25(28(32)33)22-13-9-14-24(18-22)27(29)30-34/h4-5,9,12-15,18,20-21,25H,3,6-8,10-11,16-17,19H2,1-2H3,(H2,34,35);4-5,9,12-15,18,20-21,25,34H,3,6-8,10-11,16-17,19H2,1-2H3,(H2,29,30)/t2*20-,21+,25?. The summed E-state index contributed by atoms with van der Waals surface area (Å²) in [6, 6.07) is 32.7. The number of oxime groups is 2. The Bertz CT molecular complexity index is 2590. The number of anilines is 2. The van der Waals surface area contributed by atoms with Gasteiger partial charge in [0.1, 0.15) is 0 Å². The van der Waals surface area contributed by atoms with Gasteiger partial charge in [-0.15, -0.1) is 0 Å². The number of hydrogen-bond acceptors (Lipinski definition) is 9. The van der Waals surface area contributed by atoms with Gasteiger partial charge in [-0.2, -0.15) is 13.2 Å². The summed E-state index contributed by atoms with van der Waals surface area (Å²) in [6.07, 6.45) is 10.00. The minimum atomic E-state index is -5.18. The van der Waals surface area contributed by atoms with Gasteiger partial charge in [0.25, 0.3) is 0 Å². The number of amidine groups is 2. The van der Waals surface area contributed by atoms with Gasteiger partial charge in [0.2, 0.25) is 11.8 Å². The van der Waals surface area contributed by atoms with Crippen LogP contribution in [-0.2, 0) is 32.1 Å². The maximum Gasteiger partial charge on any atom is 0.493 e. The van der Waals surface area contributed by atoms with Crippen molar-refractivity contribution in [1.29, 1.82) is 0 Å². The number of hydrogen-bond donors (Lipinski definition) is 3. The third-order valence-corrected chi connectivity index (χ3v) is 15.6. The maximum atomic E-state index is 13.8. The predicted molar refractivity (Wildman–Crippen MR) is 285 cm³/mol. The van der Waals surface area contributed by atoms with Gasteiger partial charge < -0.3 is 31.3 Å². The lowest BCUT2D eigenvalue weighted by atomic mass is 9.85. The fourth-order valence-electron chi connectivity index (χ4n) is 11.5. The van der Waals surface area contributed by atoms with Crippen molar-refractivity contribution in [2.75, 3.05) is 36.0 Å². The van der Waals surface area contributed by atoms with Crippen LogP contribution in [0.5, 0.6) is 0 Å². The number of nitrogens with two attached hydrogens (primary N) is 2. The van der Waals surface area contributed by atoms with Gasteiger partial charge in [0.15, 0.2) is 11.7 Å². The lowest BCUT2D eigenvalue weighted by Crippen LogP contribution is -2.44. The number of alkyl halides is 3. The van der Waals surface area contributed by atoms with E-state index >= 15 is 0 Å². The predicted octanol–water partition coefficient (Wildman–Crippen LogP) is 10.4. The molecule has 0 saturated carbocycles. The normalized spacial score (nSPS) is 22.9. The third-order valence-electron chi connectivity index (χ3n) is 15.6. The summed E-state index contributed by atoms with van der Waals surface area (Å²) in [7, 11) is 0. The highest BCUT2D eigenvalue weighted by Crippen LogP contribution is 2.38. The summed E-state index contributed by atoms with van der Waals surface area (Å²) >= 11 is 0. The van der Waals surface area contributed by atoms with Gasteiger partial charge >= 0.3 is 12.1 Å². The number of benzene rings is 4. The number of fused-ring (bicyclic) bond motifs is 2. The molecule has 0 aliphatic carbocycles. The van der Waals surface area contributed by atoms with Crippen molar-refractivity contribution in [3.8, 4) is 0 Å². The number of amides is 2. The average molecular weight is 1020 g/mol. The van der Waals surface area contributed by atoms with E-state index in [0.29, 0.717) is 54.7 Å². The van der Waals surface area contributed by atoms with Crippen LogP contribution in [0.4, 0.5) is 24.5 Å². The van der Waals surface area contributed by atoms with E-state index in [-0.39, 0.29) is 29.1 Å². The van der Waals surface area contributed by atoms with E-state index in [4.69, 9.17) is 16.7 Å². The van der Waals surface area contributed by atoms with Crippen molar-refractivity contribution >= 4 is 40.8 Å². The number of halogens is 3. The molecule has 2 fully saturated rings. The molecular weight excluding hydrogens is 946 g/mol. The topological polar surface area (TPSA) is 170 Å². The van der Waals surface area contributed by atoms with Crippen LogP contribution >= 0.6 is 0 Å². The first-order chi connectivity index (χ1) is 35.5. The summed E-state index contributed by atoms with van der Waals surface area (Å²) in [6.45, 7) is 12.9. The van der Waals surface area contributed by atoms with Crippen LogP contribution in [0.1, 0.15) is 150 Å². The van der Waals surface area contributed by atoms with E-state index in [0.717, 1.165) is 74.2 Å². The van der Waals surface area contributed by atoms with Gasteiger partial charge in [-0.25, -0.2) is 4.79 Å². The van der Waals surface area contributed by atoms with Crippen LogP contribution in [0.25, 0.3) is 0 Å². The molecule has 6 atom stereocenters. The molecule has 0 aromatic heterocycles. The number of likely N-dealkylation sites (tertiary alicyclic amines) is 2. The molecule has 0 radical (unpaired) electrons. The van der Waals surface area contributed by atoms with E-state index in [1.165, 1.54) is 56.6 Å². The Hall–Kier alpha value is -6.26. The van der Waals surface area contributed by atoms with E-state index in [9.17, 15) is 27.6 Å². The first-order valence-corrected chi connectivity index (χ1v) is 26.7. The Balaban J connectivity index is 0.000000219. The van der Waals surface area contributed by atoms with E-state index < -0.39 is 23.9 Å². The summed E-state index contributed by atoms with van der Waals surface area (Å²) < 4.78 is 37.3. The van der Waals surface area contributed by atoms with Crippen molar-refractivity contribution in [1.82, 2.24) is 9.80 Å². The van der Waals surface area contributed by atoms with Crippen LogP contribution in [0.2, 0.25) is 0 Å². The highest BCUT2D eigenvalue weighted by molar-refractivity contribution is 6.03. The minimum absolute atomic E-state index is 0.0341. The number of piperidine rings is 2. The van der Waals surface area contributed by atoms with Gasteiger partial charge in [-0.05, 0) is 152 Å². The molecule has 8 rings (SSSR count). The number of unbranched alkanes of at least 4 members (excludes halogenated alkanes) is 4. The fraction of sp³-hybridized carbons (Fsp3) is 0.500. The van der Waals surface area contributed by atoms with Gasteiger partial charge in [0, 0.05) is 59.8 Å². The zero-order valence-electron chi connectivity index (χ0n) is 43.5. The Labute approximate surface area is 434 Å². The number of para-hydroxylation sites is 2. The maximum absolute atomic E-state index is 13.8. The molecule has 2 unspecified atom stereocenters. The first-order valence-electron chi connectivity index (χ1n) is 26.7. The Morgan fingerprint density at radius 1 is 0.595 bits per heavy atom. The van der Waals surface area contributed by atoms with E-state index in [2.05, 4.69) is 64.8 Å². The van der Waals surface area contributed by atoms with Crippen LogP contribution in [0.15, 0.2) is 107 Å². The quantitative estimate of drug-likeness (QED) is 0.0233. The number of carbonyl (C=O) groups is 3. The molecule has 4 aromatic rings. The molecule has 16 heteroatoms. The molecule has 4 aliphatic rings. The van der Waals surface area contributed by atoms with Gasteiger partial charge in [-0.1, -0.05) is 109 Å². The largest absolute Gasteiger partial charge is 0.493 e. The highest BCUT2D eigenvalue weighted by Gasteiger charge is 2.42. The summed E-state index contributed by atoms with van der Waals surface area (Å²) in [4.78, 5) is 51.4. The molecule has 0 spiro atoms. The van der Waals surface area contributed by atoms with E-state index in [1.54, 1.807) is 24.3 Å². The first kappa shape index (κ1) is 55.5. The molecule has 4 heterocycles. The molecule has 398 valence electrons. The Kier molecular flexibility index (Phi) is 19.3. The second kappa shape index (κ2) is 25.8. The van der Waals surface area contributed by atoms with Crippen molar-refractivity contribution in [2.24, 2.45) is 21.8 Å². The van der Waals surface area contributed by atoms with Crippen LogP contribution in [0.3, 0.4) is 0 Å².